The molecule has 0 unspecified atom stereocenters. The first-order valence-electron chi connectivity index (χ1n) is 5.18. The zero-order valence-corrected chi connectivity index (χ0v) is 9.31. The minimum absolute atomic E-state index is 0.268. The standard InChI is InChI=1S/C13H9N3O2/c14-6-10-3-1-2-4-11(10)16-13(18)12-5-9(8-17)7-15-12/h1-5,7-8,15H,(H,16,18). The van der Waals surface area contributed by atoms with Crippen molar-refractivity contribution in [1.29, 1.82) is 5.26 Å². The highest BCUT2D eigenvalue weighted by Crippen LogP contribution is 2.14. The summed E-state index contributed by atoms with van der Waals surface area (Å²) in [6.45, 7) is 0. The van der Waals surface area contributed by atoms with Crippen molar-refractivity contribution in [3.05, 3.63) is 53.3 Å². The molecule has 0 saturated carbocycles. The molecule has 88 valence electrons. The average molecular weight is 239 g/mol. The van der Waals surface area contributed by atoms with Gasteiger partial charge in [-0.1, -0.05) is 12.1 Å². The number of nitriles is 1. The second-order valence-electron chi connectivity index (χ2n) is 3.58. The SMILES string of the molecule is N#Cc1ccccc1NC(=O)c1cc(C=O)c[nH]1. The molecule has 0 aliphatic heterocycles. The van der Waals surface area contributed by atoms with Gasteiger partial charge in [-0.25, -0.2) is 0 Å². The van der Waals surface area contributed by atoms with Crippen LogP contribution in [0.1, 0.15) is 26.4 Å². The van der Waals surface area contributed by atoms with Crippen LogP contribution in [-0.2, 0) is 0 Å². The van der Waals surface area contributed by atoms with Crippen molar-refractivity contribution >= 4 is 17.9 Å². The van der Waals surface area contributed by atoms with Crippen LogP contribution in [0.2, 0.25) is 0 Å². The number of H-pyrrole nitrogens is 1. The lowest BCUT2D eigenvalue weighted by Gasteiger charge is -2.04. The predicted octanol–water partition coefficient (Wildman–Crippen LogP) is 1.95. The highest BCUT2D eigenvalue weighted by atomic mass is 16.2. The van der Waals surface area contributed by atoms with E-state index in [1.807, 2.05) is 6.07 Å². The third-order valence-electron chi connectivity index (χ3n) is 2.38. The van der Waals surface area contributed by atoms with Crippen LogP contribution < -0.4 is 5.32 Å². The number of hydrogen-bond donors (Lipinski definition) is 2. The topological polar surface area (TPSA) is 85.8 Å². The first-order valence-corrected chi connectivity index (χ1v) is 5.18. The van der Waals surface area contributed by atoms with E-state index in [1.54, 1.807) is 24.3 Å². The quantitative estimate of drug-likeness (QED) is 0.802. The number of carbonyl (C=O) groups is 2. The number of aromatic amines is 1. The van der Waals surface area contributed by atoms with Crippen LogP contribution in [0, 0.1) is 11.3 Å². The van der Waals surface area contributed by atoms with E-state index in [4.69, 9.17) is 5.26 Å². The second kappa shape index (κ2) is 4.97. The Kier molecular flexibility index (Phi) is 3.21. The molecule has 0 saturated heterocycles. The Hall–Kier alpha value is -2.87. The monoisotopic (exact) mass is 239 g/mol. The van der Waals surface area contributed by atoms with Gasteiger partial charge in [0.15, 0.2) is 6.29 Å². The molecule has 5 nitrogen and oxygen atoms in total. The fourth-order valence-corrected chi connectivity index (χ4v) is 1.49. The molecule has 2 aromatic rings. The zero-order valence-electron chi connectivity index (χ0n) is 9.31. The lowest BCUT2D eigenvalue weighted by molar-refractivity contribution is 0.102. The summed E-state index contributed by atoms with van der Waals surface area (Å²) >= 11 is 0. The molecule has 1 amide bonds. The van der Waals surface area contributed by atoms with Gasteiger partial charge in [-0.2, -0.15) is 5.26 Å². The first kappa shape index (κ1) is 11.6. The van der Waals surface area contributed by atoms with Crippen molar-refractivity contribution < 1.29 is 9.59 Å². The number of anilines is 1. The molecule has 2 rings (SSSR count). The zero-order chi connectivity index (χ0) is 13.0. The number of para-hydroxylation sites is 1. The normalized spacial score (nSPS) is 9.50. The molecule has 1 aromatic carbocycles. The van der Waals surface area contributed by atoms with Crippen LogP contribution in [0.3, 0.4) is 0 Å². The molecule has 5 heteroatoms. The van der Waals surface area contributed by atoms with Gasteiger partial charge in [-0.15, -0.1) is 0 Å². The smallest absolute Gasteiger partial charge is 0.272 e. The number of nitrogens with zero attached hydrogens (tertiary/aromatic N) is 1. The fourth-order valence-electron chi connectivity index (χ4n) is 1.49. The fraction of sp³-hybridized carbons (Fsp3) is 0. The summed E-state index contributed by atoms with van der Waals surface area (Å²) in [6.07, 6.45) is 2.09. The number of amides is 1. The molecule has 1 aromatic heterocycles. The van der Waals surface area contributed by atoms with E-state index in [-0.39, 0.29) is 5.69 Å². The van der Waals surface area contributed by atoms with Crippen molar-refractivity contribution in [2.75, 3.05) is 5.32 Å². The summed E-state index contributed by atoms with van der Waals surface area (Å²) in [6, 6.07) is 10.1. The molecular formula is C13H9N3O2. The predicted molar refractivity (Wildman–Crippen MR) is 65.3 cm³/mol. The van der Waals surface area contributed by atoms with E-state index in [1.165, 1.54) is 12.3 Å². The molecule has 0 aliphatic carbocycles. The van der Waals surface area contributed by atoms with E-state index in [0.29, 0.717) is 23.1 Å². The summed E-state index contributed by atoms with van der Waals surface area (Å²) in [4.78, 5) is 25.0. The largest absolute Gasteiger partial charge is 0.356 e. The number of aldehydes is 1. The Morgan fingerprint density at radius 3 is 2.83 bits per heavy atom. The van der Waals surface area contributed by atoms with Crippen molar-refractivity contribution in [2.45, 2.75) is 0 Å². The van der Waals surface area contributed by atoms with E-state index in [9.17, 15) is 9.59 Å². The number of aromatic nitrogens is 1. The van der Waals surface area contributed by atoms with Crippen molar-refractivity contribution in [1.82, 2.24) is 4.98 Å². The van der Waals surface area contributed by atoms with Gasteiger partial charge in [0, 0.05) is 11.8 Å². The molecule has 0 fully saturated rings. The van der Waals surface area contributed by atoms with Crippen LogP contribution in [-0.4, -0.2) is 17.2 Å². The molecule has 0 bridgehead atoms. The molecule has 18 heavy (non-hydrogen) atoms. The Morgan fingerprint density at radius 1 is 1.39 bits per heavy atom. The van der Waals surface area contributed by atoms with Gasteiger partial charge >= 0.3 is 0 Å². The van der Waals surface area contributed by atoms with Crippen LogP contribution >= 0.6 is 0 Å². The minimum atomic E-state index is -0.397. The maximum Gasteiger partial charge on any atom is 0.272 e. The Morgan fingerprint density at radius 2 is 2.17 bits per heavy atom. The molecule has 0 atom stereocenters. The van der Waals surface area contributed by atoms with Crippen molar-refractivity contribution in [2.24, 2.45) is 0 Å². The Balaban J connectivity index is 2.21. The highest BCUT2D eigenvalue weighted by Gasteiger charge is 2.10. The number of nitrogens with one attached hydrogen (secondary N) is 2. The molecule has 2 N–H and O–H groups in total. The third-order valence-corrected chi connectivity index (χ3v) is 2.38. The third kappa shape index (κ3) is 2.28. The van der Waals surface area contributed by atoms with Crippen molar-refractivity contribution in [3.63, 3.8) is 0 Å². The molecule has 0 radical (unpaired) electrons. The molecular weight excluding hydrogens is 230 g/mol. The van der Waals surface area contributed by atoms with Crippen LogP contribution in [0.25, 0.3) is 0 Å². The van der Waals surface area contributed by atoms with Gasteiger partial charge in [0.1, 0.15) is 11.8 Å². The highest BCUT2D eigenvalue weighted by molar-refractivity contribution is 6.04. The summed E-state index contributed by atoms with van der Waals surface area (Å²) in [5.41, 5.74) is 1.49. The average Bonchev–Trinajstić information content (AvgIpc) is 2.88. The molecule has 0 spiro atoms. The number of carbonyl (C=O) groups excluding carboxylic acids is 2. The second-order valence-corrected chi connectivity index (χ2v) is 3.58. The van der Waals surface area contributed by atoms with Crippen molar-refractivity contribution in [3.8, 4) is 6.07 Å². The van der Waals surface area contributed by atoms with E-state index in [0.717, 1.165) is 0 Å². The Labute approximate surface area is 103 Å². The summed E-state index contributed by atoms with van der Waals surface area (Å²) in [5, 5.41) is 11.5. The number of rotatable bonds is 3. The maximum atomic E-state index is 11.8. The van der Waals surface area contributed by atoms with Gasteiger partial charge in [0.2, 0.25) is 0 Å². The minimum Gasteiger partial charge on any atom is -0.356 e. The summed E-state index contributed by atoms with van der Waals surface area (Å²) < 4.78 is 0. The number of hydrogen-bond acceptors (Lipinski definition) is 3. The summed E-state index contributed by atoms with van der Waals surface area (Å²) in [5.74, 6) is -0.397. The molecule has 1 heterocycles. The van der Waals surface area contributed by atoms with E-state index >= 15 is 0 Å². The summed E-state index contributed by atoms with van der Waals surface area (Å²) in [7, 11) is 0. The van der Waals surface area contributed by atoms with Crippen LogP contribution in [0.5, 0.6) is 0 Å². The van der Waals surface area contributed by atoms with E-state index < -0.39 is 5.91 Å². The number of benzene rings is 1. The maximum absolute atomic E-state index is 11.8. The van der Waals surface area contributed by atoms with Gasteiger partial charge in [-0.3, -0.25) is 9.59 Å². The Bertz CT molecular complexity index is 638. The van der Waals surface area contributed by atoms with Crippen LogP contribution in [0.15, 0.2) is 36.5 Å². The molecule has 0 aliphatic rings. The first-order chi connectivity index (χ1) is 8.74. The van der Waals surface area contributed by atoms with Gasteiger partial charge in [-0.05, 0) is 18.2 Å². The van der Waals surface area contributed by atoms with Gasteiger partial charge < -0.3 is 10.3 Å². The van der Waals surface area contributed by atoms with E-state index in [2.05, 4.69) is 10.3 Å². The van der Waals surface area contributed by atoms with Crippen LogP contribution in [0.4, 0.5) is 5.69 Å². The lowest BCUT2D eigenvalue weighted by Crippen LogP contribution is -2.13. The lowest BCUT2D eigenvalue weighted by atomic mass is 10.2. The van der Waals surface area contributed by atoms with Gasteiger partial charge in [0.25, 0.3) is 5.91 Å². The van der Waals surface area contributed by atoms with Gasteiger partial charge in [0.05, 0.1) is 11.3 Å².